The molecule has 1 aromatic carbocycles. The predicted octanol–water partition coefficient (Wildman–Crippen LogP) is 0.879. The summed E-state index contributed by atoms with van der Waals surface area (Å²) >= 11 is 0. The molecule has 0 amide bonds. The molecule has 0 saturated heterocycles. The molecule has 5 nitrogen and oxygen atoms in total. The number of carbonyl (C=O) groups excluding carboxylic acids is 1. The van der Waals surface area contributed by atoms with E-state index in [2.05, 4.69) is 15.3 Å². The number of nitrogens with zero attached hydrogens (tertiary/aromatic N) is 2. The number of hydrogen-bond donors (Lipinski definition) is 1. The first kappa shape index (κ1) is 12.3. The first-order valence-corrected chi connectivity index (χ1v) is 5.80. The molecule has 0 saturated carbocycles. The van der Waals surface area contributed by atoms with Gasteiger partial charge in [-0.2, -0.15) is 0 Å². The van der Waals surface area contributed by atoms with Crippen molar-refractivity contribution in [2.24, 2.45) is 0 Å². The molecule has 1 N–H and O–H groups in total. The first-order valence-electron chi connectivity index (χ1n) is 5.80. The van der Waals surface area contributed by atoms with Gasteiger partial charge in [0.1, 0.15) is 12.1 Å². The zero-order valence-electron chi connectivity index (χ0n) is 10.3. The Kier molecular flexibility index (Phi) is 3.41. The molecular weight excluding hydrogens is 230 g/mol. The number of nitrogens with one attached hydrogen (secondary N) is 1. The van der Waals surface area contributed by atoms with Crippen molar-refractivity contribution in [3.63, 3.8) is 0 Å². The predicted molar refractivity (Wildman–Crippen MR) is 67.0 cm³/mol. The van der Waals surface area contributed by atoms with E-state index in [1.165, 1.54) is 6.33 Å². The number of aryl methyl sites for hydroxylation is 1. The number of aliphatic carboxylic acids is 1. The zero-order chi connectivity index (χ0) is 13.1. The van der Waals surface area contributed by atoms with Gasteiger partial charge in [0.25, 0.3) is 0 Å². The lowest BCUT2D eigenvalue weighted by molar-refractivity contribution is -0.306. The lowest BCUT2D eigenvalue weighted by atomic mass is 10.1. The molecule has 2 aromatic rings. The van der Waals surface area contributed by atoms with Crippen molar-refractivity contribution in [2.45, 2.75) is 26.3 Å². The van der Waals surface area contributed by atoms with E-state index >= 15 is 0 Å². The van der Waals surface area contributed by atoms with E-state index in [1.807, 2.05) is 25.1 Å². The molecule has 18 heavy (non-hydrogen) atoms. The quantitative estimate of drug-likeness (QED) is 0.863. The molecule has 0 aliphatic rings. The summed E-state index contributed by atoms with van der Waals surface area (Å²) < 4.78 is 0. The van der Waals surface area contributed by atoms with Gasteiger partial charge in [0, 0.05) is 5.39 Å². The Morgan fingerprint density at radius 1 is 1.44 bits per heavy atom. The van der Waals surface area contributed by atoms with Gasteiger partial charge in [0.05, 0.1) is 17.5 Å². The maximum atomic E-state index is 10.9. The number of carboxylic acid groups (broad SMARTS) is 1. The van der Waals surface area contributed by atoms with Gasteiger partial charge in [0.15, 0.2) is 0 Å². The fourth-order valence-corrected chi connectivity index (χ4v) is 1.78. The third-order valence-electron chi connectivity index (χ3n) is 2.79. The highest BCUT2D eigenvalue weighted by Gasteiger charge is 2.10. The molecule has 0 aliphatic carbocycles. The van der Waals surface area contributed by atoms with Crippen LogP contribution in [0.3, 0.4) is 0 Å². The van der Waals surface area contributed by atoms with Crippen molar-refractivity contribution in [3.8, 4) is 0 Å². The summed E-state index contributed by atoms with van der Waals surface area (Å²) in [4.78, 5) is 19.2. The average Bonchev–Trinajstić information content (AvgIpc) is 2.35. The number of fused-ring (bicyclic) bond motifs is 1. The third-order valence-corrected chi connectivity index (χ3v) is 2.79. The maximum absolute atomic E-state index is 10.9. The number of carboxylic acids is 1. The number of hydrogen-bond acceptors (Lipinski definition) is 5. The van der Waals surface area contributed by atoms with E-state index in [1.54, 1.807) is 6.92 Å². The van der Waals surface area contributed by atoms with Crippen LogP contribution in [0, 0.1) is 6.92 Å². The molecule has 0 unspecified atom stereocenters. The third kappa shape index (κ3) is 2.40. The summed E-state index contributed by atoms with van der Waals surface area (Å²) in [6.45, 7) is 3.74. The Labute approximate surface area is 105 Å². The van der Waals surface area contributed by atoms with E-state index in [0.717, 1.165) is 16.5 Å². The average molecular weight is 244 g/mol. The van der Waals surface area contributed by atoms with Crippen LogP contribution in [-0.2, 0) is 4.79 Å². The lowest BCUT2D eigenvalue weighted by Gasteiger charge is -2.19. The number of carbonyl (C=O) groups is 1. The van der Waals surface area contributed by atoms with E-state index in [-0.39, 0.29) is 0 Å². The van der Waals surface area contributed by atoms with Crippen LogP contribution in [-0.4, -0.2) is 22.0 Å². The van der Waals surface area contributed by atoms with Crippen molar-refractivity contribution >= 4 is 22.7 Å². The summed E-state index contributed by atoms with van der Waals surface area (Å²) in [5, 5.41) is 14.6. The largest absolute Gasteiger partial charge is 0.548 e. The second kappa shape index (κ2) is 5.00. The Bertz CT molecular complexity index is 583. The smallest absolute Gasteiger partial charge is 0.137 e. The van der Waals surface area contributed by atoms with Gasteiger partial charge in [0.2, 0.25) is 0 Å². The van der Waals surface area contributed by atoms with Gasteiger partial charge in [-0.25, -0.2) is 9.97 Å². The Balaban J connectivity index is 2.44. The highest BCUT2D eigenvalue weighted by molar-refractivity contribution is 5.90. The van der Waals surface area contributed by atoms with Crippen LogP contribution in [0.4, 0.5) is 5.82 Å². The molecule has 1 aromatic heterocycles. The summed E-state index contributed by atoms with van der Waals surface area (Å²) in [5.74, 6) is -0.600. The maximum Gasteiger partial charge on any atom is 0.137 e. The molecule has 0 fully saturated rings. The number of aromatic nitrogens is 2. The van der Waals surface area contributed by atoms with Gasteiger partial charge >= 0.3 is 0 Å². The minimum absolute atomic E-state index is 0.430. The molecule has 1 atom stereocenters. The first-order chi connectivity index (χ1) is 8.61. The molecule has 5 heteroatoms. The Morgan fingerprint density at radius 2 is 2.22 bits per heavy atom. The van der Waals surface area contributed by atoms with Crippen LogP contribution in [0.15, 0.2) is 24.5 Å². The van der Waals surface area contributed by atoms with Crippen LogP contribution in [0.5, 0.6) is 0 Å². The standard InChI is InChI=1S/C13H15N3O2/c1-3-10(13(17)18)16-12-9-6-8(2)4-5-11(9)14-7-15-12/h4-7,10H,3H2,1-2H3,(H,17,18)(H,14,15,16)/p-1/t10-/m0/s1. The van der Waals surface area contributed by atoms with Crippen LogP contribution in [0.25, 0.3) is 10.9 Å². The Hall–Kier alpha value is -2.17. The summed E-state index contributed by atoms with van der Waals surface area (Å²) in [6, 6.07) is 5.02. The Morgan fingerprint density at radius 3 is 2.89 bits per heavy atom. The molecule has 0 aliphatic heterocycles. The van der Waals surface area contributed by atoms with Gasteiger partial charge in [-0.05, 0) is 25.5 Å². The highest BCUT2D eigenvalue weighted by atomic mass is 16.4. The van der Waals surface area contributed by atoms with E-state index in [9.17, 15) is 9.90 Å². The van der Waals surface area contributed by atoms with E-state index in [4.69, 9.17) is 0 Å². The minimum Gasteiger partial charge on any atom is -0.548 e. The van der Waals surface area contributed by atoms with E-state index < -0.39 is 12.0 Å². The number of benzene rings is 1. The summed E-state index contributed by atoms with van der Waals surface area (Å²) in [7, 11) is 0. The molecule has 0 spiro atoms. The summed E-state index contributed by atoms with van der Waals surface area (Å²) in [5.41, 5.74) is 1.85. The van der Waals surface area contributed by atoms with Crippen LogP contribution < -0.4 is 10.4 Å². The fraction of sp³-hybridized carbons (Fsp3) is 0.308. The van der Waals surface area contributed by atoms with Crippen molar-refractivity contribution < 1.29 is 9.90 Å². The molecule has 0 radical (unpaired) electrons. The summed E-state index contributed by atoms with van der Waals surface area (Å²) in [6.07, 6.45) is 1.85. The fourth-order valence-electron chi connectivity index (χ4n) is 1.78. The van der Waals surface area contributed by atoms with Gasteiger partial charge in [-0.15, -0.1) is 0 Å². The van der Waals surface area contributed by atoms with Crippen molar-refractivity contribution in [1.29, 1.82) is 0 Å². The van der Waals surface area contributed by atoms with Crippen molar-refractivity contribution in [3.05, 3.63) is 30.1 Å². The SMILES string of the molecule is CC[C@H](Nc1ncnc2ccc(C)cc12)C(=O)[O-]. The molecule has 0 bridgehead atoms. The van der Waals surface area contributed by atoms with E-state index in [0.29, 0.717) is 12.2 Å². The van der Waals surface area contributed by atoms with Gasteiger partial charge in [-0.1, -0.05) is 18.6 Å². The van der Waals surface area contributed by atoms with Crippen LogP contribution in [0.1, 0.15) is 18.9 Å². The van der Waals surface area contributed by atoms with Crippen LogP contribution >= 0.6 is 0 Å². The highest BCUT2D eigenvalue weighted by Crippen LogP contribution is 2.21. The number of anilines is 1. The molecule has 2 rings (SSSR count). The van der Waals surface area contributed by atoms with Gasteiger partial charge < -0.3 is 15.2 Å². The molecule has 1 heterocycles. The molecule has 94 valence electrons. The normalized spacial score (nSPS) is 12.3. The van der Waals surface area contributed by atoms with Crippen molar-refractivity contribution in [2.75, 3.05) is 5.32 Å². The second-order valence-electron chi connectivity index (χ2n) is 4.17. The minimum atomic E-state index is -1.13. The number of rotatable bonds is 4. The molecular formula is C13H14N3O2-. The zero-order valence-corrected chi connectivity index (χ0v) is 10.3. The monoisotopic (exact) mass is 244 g/mol. The van der Waals surface area contributed by atoms with Crippen LogP contribution in [0.2, 0.25) is 0 Å². The second-order valence-corrected chi connectivity index (χ2v) is 4.17. The van der Waals surface area contributed by atoms with Gasteiger partial charge in [-0.3, -0.25) is 0 Å². The lowest BCUT2D eigenvalue weighted by Crippen LogP contribution is -2.40. The topological polar surface area (TPSA) is 77.9 Å². The van der Waals surface area contributed by atoms with Crippen molar-refractivity contribution in [1.82, 2.24) is 9.97 Å².